The third-order valence-electron chi connectivity index (χ3n) is 3.30. The molecule has 0 fully saturated rings. The predicted molar refractivity (Wildman–Crippen MR) is 76.3 cm³/mol. The molecule has 0 saturated carbocycles. The van der Waals surface area contributed by atoms with Gasteiger partial charge in [-0.15, -0.1) is 0 Å². The molecule has 22 heavy (non-hydrogen) atoms. The van der Waals surface area contributed by atoms with Crippen molar-refractivity contribution in [3.8, 4) is 0 Å². The second-order valence-electron chi connectivity index (χ2n) is 4.82. The lowest BCUT2D eigenvalue weighted by molar-refractivity contribution is -0.142. The second-order valence-corrected chi connectivity index (χ2v) is 4.82. The fourth-order valence-corrected chi connectivity index (χ4v) is 2.32. The zero-order valence-electron chi connectivity index (χ0n) is 11.3. The van der Waals surface area contributed by atoms with E-state index in [0.29, 0.717) is 11.1 Å². The minimum Gasteiger partial charge on any atom is -0.479 e. The Hall–Kier alpha value is -3.09. The first-order chi connectivity index (χ1) is 10.3. The van der Waals surface area contributed by atoms with Crippen LogP contribution in [-0.2, 0) is 9.59 Å². The molecule has 0 bridgehead atoms. The molecule has 0 heterocycles. The van der Waals surface area contributed by atoms with Crippen LogP contribution in [-0.4, -0.2) is 38.9 Å². The fourth-order valence-electron chi connectivity index (χ4n) is 2.32. The minimum atomic E-state index is -2.01. The van der Waals surface area contributed by atoms with Gasteiger partial charge in [0.25, 0.3) is 0 Å². The van der Waals surface area contributed by atoms with E-state index in [0.717, 1.165) is 6.08 Å². The number of aliphatic carboxylic acids is 2. The van der Waals surface area contributed by atoms with Crippen molar-refractivity contribution in [3.05, 3.63) is 53.6 Å². The van der Waals surface area contributed by atoms with Crippen molar-refractivity contribution in [2.75, 3.05) is 0 Å². The summed E-state index contributed by atoms with van der Waals surface area (Å²) in [4.78, 5) is 33.7. The first-order valence-electron chi connectivity index (χ1n) is 6.31. The summed E-state index contributed by atoms with van der Waals surface area (Å²) in [5, 5.41) is 29.4. The Kier molecular flexibility index (Phi) is 3.98. The van der Waals surface area contributed by atoms with E-state index in [1.807, 2.05) is 5.32 Å². The normalized spacial score (nSPS) is 20.5. The van der Waals surface area contributed by atoms with Gasteiger partial charge in [0.05, 0.1) is 5.57 Å². The second kappa shape index (κ2) is 5.72. The standard InChI is InChI=1S/C15H13NO6/c17-12(18)11-6-10(9-4-2-1-3-5-9)7-15(8-11,13(19)20)16-14(21)22/h1-6,8,16H,7H2,(H,17,18)(H,19,20)(H,21,22). The van der Waals surface area contributed by atoms with E-state index in [2.05, 4.69) is 0 Å². The summed E-state index contributed by atoms with van der Waals surface area (Å²) in [5.74, 6) is -2.79. The number of hydrogen-bond donors (Lipinski definition) is 4. The number of carboxylic acids is 2. The monoisotopic (exact) mass is 303 g/mol. The topological polar surface area (TPSA) is 124 Å². The van der Waals surface area contributed by atoms with Crippen molar-refractivity contribution >= 4 is 23.6 Å². The maximum atomic E-state index is 11.6. The Labute approximate surface area is 125 Å². The van der Waals surface area contributed by atoms with Gasteiger partial charge in [0.15, 0.2) is 5.54 Å². The molecule has 7 nitrogen and oxygen atoms in total. The van der Waals surface area contributed by atoms with E-state index in [1.165, 1.54) is 6.08 Å². The molecule has 4 N–H and O–H groups in total. The maximum Gasteiger partial charge on any atom is 0.405 e. The average Bonchev–Trinajstić information content (AvgIpc) is 2.47. The van der Waals surface area contributed by atoms with Crippen LogP contribution in [0.2, 0.25) is 0 Å². The Morgan fingerprint density at radius 1 is 1.05 bits per heavy atom. The maximum absolute atomic E-state index is 11.6. The van der Waals surface area contributed by atoms with Gasteiger partial charge < -0.3 is 20.6 Å². The van der Waals surface area contributed by atoms with Gasteiger partial charge in [-0.3, -0.25) is 0 Å². The van der Waals surface area contributed by atoms with Crippen molar-refractivity contribution in [2.24, 2.45) is 0 Å². The third-order valence-corrected chi connectivity index (χ3v) is 3.30. The minimum absolute atomic E-state index is 0.185. The highest BCUT2D eigenvalue weighted by molar-refractivity contribution is 5.99. The molecule has 0 radical (unpaired) electrons. The van der Waals surface area contributed by atoms with Crippen LogP contribution < -0.4 is 5.32 Å². The number of amides is 1. The zero-order chi connectivity index (χ0) is 16.3. The van der Waals surface area contributed by atoms with E-state index < -0.39 is 23.6 Å². The lowest BCUT2D eigenvalue weighted by Crippen LogP contribution is -2.54. The van der Waals surface area contributed by atoms with Gasteiger partial charge in [0, 0.05) is 6.42 Å². The van der Waals surface area contributed by atoms with Crippen molar-refractivity contribution < 1.29 is 29.7 Å². The van der Waals surface area contributed by atoms with Gasteiger partial charge in [-0.2, -0.15) is 0 Å². The number of rotatable bonds is 4. The molecule has 1 atom stereocenters. The van der Waals surface area contributed by atoms with E-state index in [-0.39, 0.29) is 12.0 Å². The molecule has 0 spiro atoms. The number of benzene rings is 1. The smallest absolute Gasteiger partial charge is 0.405 e. The largest absolute Gasteiger partial charge is 0.479 e. The van der Waals surface area contributed by atoms with Crippen LogP contribution >= 0.6 is 0 Å². The van der Waals surface area contributed by atoms with Crippen LogP contribution in [0.4, 0.5) is 4.79 Å². The van der Waals surface area contributed by atoms with Gasteiger partial charge in [-0.1, -0.05) is 30.3 Å². The van der Waals surface area contributed by atoms with Gasteiger partial charge in [-0.05, 0) is 23.3 Å². The quantitative estimate of drug-likeness (QED) is 0.669. The molecule has 2 rings (SSSR count). The molecule has 7 heteroatoms. The Morgan fingerprint density at radius 3 is 2.18 bits per heavy atom. The third kappa shape index (κ3) is 2.98. The van der Waals surface area contributed by atoms with Crippen molar-refractivity contribution in [1.82, 2.24) is 5.32 Å². The summed E-state index contributed by atoms with van der Waals surface area (Å²) < 4.78 is 0. The van der Waals surface area contributed by atoms with E-state index in [1.54, 1.807) is 30.3 Å². The van der Waals surface area contributed by atoms with Gasteiger partial charge in [0.1, 0.15) is 0 Å². The summed E-state index contributed by atoms with van der Waals surface area (Å²) in [5.41, 5.74) is -1.23. The van der Waals surface area contributed by atoms with E-state index >= 15 is 0 Å². The Morgan fingerprint density at radius 2 is 1.68 bits per heavy atom. The highest BCUT2D eigenvalue weighted by Gasteiger charge is 2.42. The molecule has 0 saturated heterocycles. The molecule has 1 aromatic carbocycles. The van der Waals surface area contributed by atoms with Crippen LogP contribution in [0.5, 0.6) is 0 Å². The van der Waals surface area contributed by atoms with Gasteiger partial charge in [-0.25, -0.2) is 14.4 Å². The summed E-state index contributed by atoms with van der Waals surface area (Å²) in [7, 11) is 0. The molecule has 0 aliphatic heterocycles. The highest BCUT2D eigenvalue weighted by Crippen LogP contribution is 2.33. The molecular weight excluding hydrogens is 290 g/mol. The predicted octanol–water partition coefficient (Wildman–Crippen LogP) is 1.58. The lowest BCUT2D eigenvalue weighted by atomic mass is 9.81. The van der Waals surface area contributed by atoms with Crippen molar-refractivity contribution in [2.45, 2.75) is 12.0 Å². The molecule has 1 aliphatic rings. The van der Waals surface area contributed by atoms with Crippen LogP contribution in [0.25, 0.3) is 5.57 Å². The van der Waals surface area contributed by atoms with Crippen molar-refractivity contribution in [3.63, 3.8) is 0 Å². The molecular formula is C15H13NO6. The molecule has 0 aromatic heterocycles. The van der Waals surface area contributed by atoms with E-state index in [9.17, 15) is 24.6 Å². The first-order valence-corrected chi connectivity index (χ1v) is 6.31. The fraction of sp³-hybridized carbons (Fsp3) is 0.133. The molecule has 1 unspecified atom stereocenters. The summed E-state index contributed by atoms with van der Waals surface area (Å²) in [6.45, 7) is 0. The summed E-state index contributed by atoms with van der Waals surface area (Å²) in [6.07, 6.45) is 0.536. The van der Waals surface area contributed by atoms with Gasteiger partial charge in [0.2, 0.25) is 0 Å². The number of nitrogens with one attached hydrogen (secondary N) is 1. The number of hydrogen-bond acceptors (Lipinski definition) is 3. The van der Waals surface area contributed by atoms with Crippen LogP contribution in [0.3, 0.4) is 0 Å². The van der Waals surface area contributed by atoms with Crippen LogP contribution in [0.15, 0.2) is 48.1 Å². The molecule has 1 aliphatic carbocycles. The average molecular weight is 303 g/mol. The Bertz CT molecular complexity index is 691. The van der Waals surface area contributed by atoms with Crippen LogP contribution in [0, 0.1) is 0 Å². The van der Waals surface area contributed by atoms with Crippen molar-refractivity contribution in [1.29, 1.82) is 0 Å². The summed E-state index contributed by atoms with van der Waals surface area (Å²) in [6, 6.07) is 8.61. The zero-order valence-corrected chi connectivity index (χ0v) is 11.3. The molecule has 114 valence electrons. The lowest BCUT2D eigenvalue weighted by Gasteiger charge is -2.30. The number of carbonyl (C=O) groups is 3. The summed E-state index contributed by atoms with van der Waals surface area (Å²) >= 11 is 0. The highest BCUT2D eigenvalue weighted by atomic mass is 16.4. The van der Waals surface area contributed by atoms with E-state index in [4.69, 9.17) is 5.11 Å². The molecule has 1 aromatic rings. The SMILES string of the molecule is O=C(O)NC1(C(=O)O)C=C(C(=O)O)C=C(c2ccccc2)C1. The Balaban J connectivity index is 2.55. The molecule has 1 amide bonds. The van der Waals surface area contributed by atoms with Gasteiger partial charge >= 0.3 is 18.0 Å². The number of carboxylic acid groups (broad SMARTS) is 3. The van der Waals surface area contributed by atoms with Crippen LogP contribution in [0.1, 0.15) is 12.0 Å². The first kappa shape index (κ1) is 15.3.